The standard InChI is InChI=1S/C22H19N7O2/c1-31-22-24-11-16(12-25-22)14-7-8-23-19(10-14)21(30)27-17-4-2-3-15(9-17)20-28-26-13-29(20)18-5-6-18/h2-4,7-13,18H,5-6H2,1H3,(H,27,30). The maximum atomic E-state index is 12.8. The molecule has 3 heterocycles. The van der Waals surface area contributed by atoms with Crippen LogP contribution in [0.25, 0.3) is 22.5 Å². The highest BCUT2D eigenvalue weighted by Crippen LogP contribution is 2.37. The smallest absolute Gasteiger partial charge is 0.316 e. The Labute approximate surface area is 178 Å². The zero-order valence-electron chi connectivity index (χ0n) is 16.8. The minimum absolute atomic E-state index is 0.285. The molecule has 0 saturated heterocycles. The first-order valence-corrected chi connectivity index (χ1v) is 9.85. The van der Waals surface area contributed by atoms with Gasteiger partial charge in [0.25, 0.3) is 5.91 Å². The number of methoxy groups -OCH3 is 1. The van der Waals surface area contributed by atoms with Crippen molar-refractivity contribution in [2.24, 2.45) is 0 Å². The number of anilines is 1. The SMILES string of the molecule is COc1ncc(-c2ccnc(C(=O)Nc3cccc(-c4nncn4C4CC4)c3)c2)cn1. The van der Waals surface area contributed by atoms with Crippen molar-refractivity contribution in [3.63, 3.8) is 0 Å². The van der Waals surface area contributed by atoms with Crippen molar-refractivity contribution < 1.29 is 9.53 Å². The van der Waals surface area contributed by atoms with Gasteiger partial charge in [0.1, 0.15) is 12.0 Å². The van der Waals surface area contributed by atoms with E-state index in [2.05, 4.69) is 35.0 Å². The fourth-order valence-corrected chi connectivity index (χ4v) is 3.31. The van der Waals surface area contributed by atoms with Gasteiger partial charge in [0.15, 0.2) is 5.82 Å². The highest BCUT2D eigenvalue weighted by Gasteiger charge is 2.26. The minimum atomic E-state index is -0.308. The second-order valence-electron chi connectivity index (χ2n) is 7.22. The summed E-state index contributed by atoms with van der Waals surface area (Å²) >= 11 is 0. The van der Waals surface area contributed by atoms with Gasteiger partial charge in [-0.05, 0) is 42.7 Å². The molecule has 1 aromatic carbocycles. The van der Waals surface area contributed by atoms with Crippen LogP contribution in [0.3, 0.4) is 0 Å². The van der Waals surface area contributed by atoms with E-state index in [9.17, 15) is 4.79 Å². The van der Waals surface area contributed by atoms with E-state index < -0.39 is 0 Å². The van der Waals surface area contributed by atoms with E-state index in [-0.39, 0.29) is 11.9 Å². The molecule has 0 atom stereocenters. The summed E-state index contributed by atoms with van der Waals surface area (Å²) in [6.07, 6.45) is 8.91. The molecular formula is C22H19N7O2. The summed E-state index contributed by atoms with van der Waals surface area (Å²) < 4.78 is 7.07. The molecule has 1 amide bonds. The number of nitrogens with one attached hydrogen (secondary N) is 1. The summed E-state index contributed by atoms with van der Waals surface area (Å²) in [6, 6.07) is 11.8. The molecule has 1 aliphatic rings. The lowest BCUT2D eigenvalue weighted by Gasteiger charge is -2.09. The lowest BCUT2D eigenvalue weighted by Crippen LogP contribution is -2.13. The van der Waals surface area contributed by atoms with Crippen molar-refractivity contribution in [1.29, 1.82) is 0 Å². The number of benzene rings is 1. The van der Waals surface area contributed by atoms with E-state index in [1.54, 1.807) is 37.1 Å². The van der Waals surface area contributed by atoms with Gasteiger partial charge in [-0.15, -0.1) is 10.2 Å². The van der Waals surface area contributed by atoms with E-state index in [1.165, 1.54) is 7.11 Å². The topological polar surface area (TPSA) is 108 Å². The fourth-order valence-electron chi connectivity index (χ4n) is 3.31. The first-order chi connectivity index (χ1) is 15.2. The van der Waals surface area contributed by atoms with Crippen LogP contribution < -0.4 is 10.1 Å². The van der Waals surface area contributed by atoms with Gasteiger partial charge in [-0.25, -0.2) is 9.97 Å². The van der Waals surface area contributed by atoms with Gasteiger partial charge in [0.2, 0.25) is 0 Å². The number of ether oxygens (including phenoxy) is 1. The molecule has 154 valence electrons. The van der Waals surface area contributed by atoms with Crippen molar-refractivity contribution in [1.82, 2.24) is 29.7 Å². The first kappa shape index (κ1) is 18.9. The summed E-state index contributed by atoms with van der Waals surface area (Å²) in [4.78, 5) is 25.2. The van der Waals surface area contributed by atoms with E-state index >= 15 is 0 Å². The van der Waals surface area contributed by atoms with Crippen LogP contribution in [0.2, 0.25) is 0 Å². The second kappa shape index (κ2) is 7.94. The van der Waals surface area contributed by atoms with Crippen molar-refractivity contribution in [3.8, 4) is 28.5 Å². The summed E-state index contributed by atoms with van der Waals surface area (Å²) in [6.45, 7) is 0. The lowest BCUT2D eigenvalue weighted by atomic mass is 10.1. The number of carbonyl (C=O) groups is 1. The summed E-state index contributed by atoms with van der Waals surface area (Å²) in [7, 11) is 1.51. The highest BCUT2D eigenvalue weighted by molar-refractivity contribution is 6.03. The molecule has 1 aliphatic carbocycles. The van der Waals surface area contributed by atoms with Gasteiger partial charge in [-0.3, -0.25) is 9.78 Å². The molecule has 0 bridgehead atoms. The normalized spacial score (nSPS) is 13.1. The zero-order chi connectivity index (χ0) is 21.2. The Kier molecular flexibility index (Phi) is 4.83. The minimum Gasteiger partial charge on any atom is -0.467 e. The van der Waals surface area contributed by atoms with Crippen molar-refractivity contribution in [3.05, 3.63) is 67.0 Å². The largest absolute Gasteiger partial charge is 0.467 e. The number of hydrogen-bond acceptors (Lipinski definition) is 7. The van der Waals surface area contributed by atoms with Crippen LogP contribution in [-0.2, 0) is 0 Å². The molecule has 0 spiro atoms. The molecule has 9 heteroatoms. The maximum Gasteiger partial charge on any atom is 0.316 e. The molecule has 31 heavy (non-hydrogen) atoms. The van der Waals surface area contributed by atoms with Crippen molar-refractivity contribution in [2.75, 3.05) is 12.4 Å². The third kappa shape index (κ3) is 3.97. The number of hydrogen-bond donors (Lipinski definition) is 1. The average Bonchev–Trinajstić information content (AvgIpc) is 3.55. The Balaban J connectivity index is 1.36. The number of carbonyl (C=O) groups excluding carboxylic acids is 1. The van der Waals surface area contributed by atoms with Crippen LogP contribution in [0.1, 0.15) is 29.4 Å². The van der Waals surface area contributed by atoms with Gasteiger partial charge in [0.05, 0.1) is 7.11 Å². The molecule has 9 nitrogen and oxygen atoms in total. The fraction of sp³-hybridized carbons (Fsp3) is 0.182. The zero-order valence-corrected chi connectivity index (χ0v) is 16.8. The molecule has 1 saturated carbocycles. The van der Waals surface area contributed by atoms with E-state index in [0.29, 0.717) is 17.4 Å². The number of rotatable bonds is 6. The van der Waals surface area contributed by atoms with Crippen LogP contribution in [0.5, 0.6) is 6.01 Å². The first-order valence-electron chi connectivity index (χ1n) is 9.85. The Morgan fingerprint density at radius 2 is 1.90 bits per heavy atom. The van der Waals surface area contributed by atoms with E-state index in [0.717, 1.165) is 35.4 Å². The van der Waals surface area contributed by atoms with Crippen LogP contribution >= 0.6 is 0 Å². The van der Waals surface area contributed by atoms with Crippen LogP contribution in [0.15, 0.2) is 61.3 Å². The Morgan fingerprint density at radius 3 is 2.68 bits per heavy atom. The number of aromatic nitrogens is 6. The Morgan fingerprint density at radius 1 is 1.06 bits per heavy atom. The quantitative estimate of drug-likeness (QED) is 0.516. The predicted molar refractivity (Wildman–Crippen MR) is 113 cm³/mol. The van der Waals surface area contributed by atoms with Gasteiger partial charge in [-0.2, -0.15) is 0 Å². The number of nitrogens with zero attached hydrogens (tertiary/aromatic N) is 6. The molecule has 0 aliphatic heterocycles. The lowest BCUT2D eigenvalue weighted by molar-refractivity contribution is 0.102. The van der Waals surface area contributed by atoms with Gasteiger partial charge >= 0.3 is 6.01 Å². The molecule has 1 fully saturated rings. The Bertz CT molecular complexity index is 1230. The third-order valence-corrected chi connectivity index (χ3v) is 5.03. The molecule has 0 radical (unpaired) electrons. The van der Waals surface area contributed by atoms with Gasteiger partial charge < -0.3 is 14.6 Å². The van der Waals surface area contributed by atoms with Crippen LogP contribution in [0.4, 0.5) is 5.69 Å². The second-order valence-corrected chi connectivity index (χ2v) is 7.22. The average molecular weight is 413 g/mol. The monoisotopic (exact) mass is 413 g/mol. The molecule has 3 aromatic heterocycles. The van der Waals surface area contributed by atoms with E-state index in [1.807, 2.05) is 24.3 Å². The van der Waals surface area contributed by atoms with Crippen LogP contribution in [0, 0.1) is 0 Å². The summed E-state index contributed by atoms with van der Waals surface area (Å²) in [5.41, 5.74) is 3.40. The van der Waals surface area contributed by atoms with Crippen LogP contribution in [-0.4, -0.2) is 42.7 Å². The van der Waals surface area contributed by atoms with Gasteiger partial charge in [-0.1, -0.05) is 12.1 Å². The van der Waals surface area contributed by atoms with Gasteiger partial charge in [0, 0.05) is 41.4 Å². The predicted octanol–water partition coefficient (Wildman–Crippen LogP) is 3.39. The third-order valence-electron chi connectivity index (χ3n) is 5.03. The van der Waals surface area contributed by atoms with E-state index in [4.69, 9.17) is 4.74 Å². The maximum absolute atomic E-state index is 12.8. The molecule has 0 unspecified atom stereocenters. The summed E-state index contributed by atoms with van der Waals surface area (Å²) in [5, 5.41) is 11.2. The number of pyridine rings is 1. The van der Waals surface area contributed by atoms with Crippen molar-refractivity contribution >= 4 is 11.6 Å². The number of amides is 1. The highest BCUT2D eigenvalue weighted by atomic mass is 16.5. The Hall–Kier alpha value is -4.14. The molecule has 1 N–H and O–H groups in total. The van der Waals surface area contributed by atoms with Crippen molar-refractivity contribution in [2.45, 2.75) is 18.9 Å². The molecule has 4 aromatic rings. The summed E-state index contributed by atoms with van der Waals surface area (Å²) in [5.74, 6) is 0.496. The molecular weight excluding hydrogens is 394 g/mol. The molecule has 5 rings (SSSR count).